The molecular formula is C31H19ClFN3O6S. The van der Waals surface area contributed by atoms with Gasteiger partial charge in [-0.3, -0.25) is 19.3 Å². The number of carbonyl (C=O) groups is 3. The highest BCUT2D eigenvalue weighted by Crippen LogP contribution is 2.55. The average Bonchev–Trinajstić information content (AvgIpc) is 3.59. The molecule has 214 valence electrons. The molecule has 5 aromatic rings. The van der Waals surface area contributed by atoms with Gasteiger partial charge in [0.1, 0.15) is 16.3 Å². The number of hydrogen-bond acceptors (Lipinski definition) is 8. The number of aromatic nitrogens is 1. The van der Waals surface area contributed by atoms with Crippen LogP contribution in [-0.4, -0.2) is 29.9 Å². The molecular weight excluding hydrogens is 597 g/mol. The van der Waals surface area contributed by atoms with Crippen molar-refractivity contribution >= 4 is 62.5 Å². The molecule has 12 heteroatoms. The van der Waals surface area contributed by atoms with Crippen molar-refractivity contribution in [3.05, 3.63) is 121 Å². The molecule has 0 saturated carbocycles. The lowest BCUT2D eigenvalue weighted by Gasteiger charge is -2.32. The van der Waals surface area contributed by atoms with Gasteiger partial charge in [-0.25, -0.2) is 14.2 Å². The molecule has 4 heterocycles. The van der Waals surface area contributed by atoms with Gasteiger partial charge in [-0.1, -0.05) is 53.3 Å². The first kappa shape index (κ1) is 27.0. The van der Waals surface area contributed by atoms with Crippen LogP contribution in [0.1, 0.15) is 42.6 Å². The van der Waals surface area contributed by atoms with Crippen LogP contribution < -0.4 is 15.2 Å². The molecule has 0 fully saturated rings. The van der Waals surface area contributed by atoms with Crippen molar-refractivity contribution in [3.63, 3.8) is 0 Å². The molecule has 0 N–H and O–H groups in total. The number of methoxy groups -OCH3 is 1. The molecule has 2 aliphatic rings. The summed E-state index contributed by atoms with van der Waals surface area (Å²) in [4.78, 5) is 63.2. The molecule has 2 aromatic heterocycles. The predicted octanol–water partition coefficient (Wildman–Crippen LogP) is 5.59. The highest BCUT2D eigenvalue weighted by atomic mass is 35.5. The summed E-state index contributed by atoms with van der Waals surface area (Å²) in [6, 6.07) is 17.1. The summed E-state index contributed by atoms with van der Waals surface area (Å²) in [5.74, 6) is -3.15. The van der Waals surface area contributed by atoms with E-state index in [9.17, 15) is 23.6 Å². The Morgan fingerprint density at radius 1 is 1.09 bits per heavy atom. The molecule has 0 saturated heterocycles. The normalized spacial score (nSPS) is 17.2. The molecule has 3 aromatic carbocycles. The van der Waals surface area contributed by atoms with Crippen LogP contribution in [0.25, 0.3) is 11.0 Å². The van der Waals surface area contributed by atoms with E-state index in [2.05, 4.69) is 4.98 Å². The summed E-state index contributed by atoms with van der Waals surface area (Å²) >= 11 is 6.94. The topological polar surface area (TPSA) is 110 Å². The third-order valence-corrected chi connectivity index (χ3v) is 9.06. The number of anilines is 2. The Kier molecular flexibility index (Phi) is 6.01. The van der Waals surface area contributed by atoms with Gasteiger partial charge >= 0.3 is 5.97 Å². The smallest absolute Gasteiger partial charge is 0.350 e. The van der Waals surface area contributed by atoms with Gasteiger partial charge in [-0.15, -0.1) is 0 Å². The summed E-state index contributed by atoms with van der Waals surface area (Å²) in [6.07, 6.45) is 0. The van der Waals surface area contributed by atoms with Crippen molar-refractivity contribution in [2.45, 2.75) is 19.0 Å². The minimum atomic E-state index is -2.06. The van der Waals surface area contributed by atoms with E-state index < -0.39 is 34.6 Å². The summed E-state index contributed by atoms with van der Waals surface area (Å²) in [6.45, 7) is 1.66. The van der Waals surface area contributed by atoms with Gasteiger partial charge in [0.05, 0.1) is 36.0 Å². The summed E-state index contributed by atoms with van der Waals surface area (Å²) in [7, 11) is 1.22. The Morgan fingerprint density at radius 2 is 1.84 bits per heavy atom. The molecule has 2 amide bonds. The van der Waals surface area contributed by atoms with E-state index in [1.54, 1.807) is 55.5 Å². The molecule has 1 spiro atoms. The van der Waals surface area contributed by atoms with Crippen molar-refractivity contribution in [1.82, 2.24) is 4.98 Å². The standard InChI is InChI=1S/C31H19ClFN3O6S/c1-15-26(28(39)41-2)43-30(34-15)36-27(38)25-23(24(37)19-13-18(33)11-12-22(19)42-25)31(36)20-5-3-4-6-21(20)35(29(31)40)14-16-7-9-17(32)10-8-16/h3-13H,14H2,1-2H3. The van der Waals surface area contributed by atoms with Crippen molar-refractivity contribution < 1.29 is 27.9 Å². The van der Waals surface area contributed by atoms with E-state index in [0.717, 1.165) is 33.9 Å². The highest BCUT2D eigenvalue weighted by molar-refractivity contribution is 7.17. The highest BCUT2D eigenvalue weighted by Gasteiger charge is 2.66. The summed E-state index contributed by atoms with van der Waals surface area (Å²) in [5.41, 5.74) is -1.26. The van der Waals surface area contributed by atoms with Gasteiger partial charge in [-0.05, 0) is 48.9 Å². The number of rotatable bonds is 4. The van der Waals surface area contributed by atoms with Gasteiger partial charge in [0, 0.05) is 10.6 Å². The monoisotopic (exact) mass is 615 g/mol. The average molecular weight is 616 g/mol. The van der Waals surface area contributed by atoms with Crippen LogP contribution in [0.4, 0.5) is 15.2 Å². The van der Waals surface area contributed by atoms with Crippen LogP contribution in [0.5, 0.6) is 0 Å². The van der Waals surface area contributed by atoms with E-state index in [4.69, 9.17) is 20.8 Å². The van der Waals surface area contributed by atoms with Crippen molar-refractivity contribution in [2.24, 2.45) is 0 Å². The zero-order valence-electron chi connectivity index (χ0n) is 22.5. The minimum Gasteiger partial charge on any atom is -0.465 e. The number of thiazole rings is 1. The molecule has 43 heavy (non-hydrogen) atoms. The lowest BCUT2D eigenvalue weighted by molar-refractivity contribution is -0.121. The number of benzene rings is 3. The van der Waals surface area contributed by atoms with Gasteiger partial charge in [0.15, 0.2) is 16.1 Å². The lowest BCUT2D eigenvalue weighted by atomic mass is 9.84. The summed E-state index contributed by atoms with van der Waals surface area (Å²) in [5, 5.41) is 0.382. The molecule has 0 bridgehead atoms. The maximum atomic E-state index is 14.9. The number of hydrogen-bond donors (Lipinski definition) is 0. The van der Waals surface area contributed by atoms with Crippen LogP contribution in [0, 0.1) is 12.7 Å². The molecule has 7 rings (SSSR count). The molecule has 1 unspecified atom stereocenters. The number of para-hydroxylation sites is 1. The van der Waals surface area contributed by atoms with Crippen LogP contribution in [0.15, 0.2) is 75.9 Å². The fourth-order valence-electron chi connectivity index (χ4n) is 5.82. The number of fused-ring (bicyclic) bond motifs is 5. The zero-order valence-corrected chi connectivity index (χ0v) is 24.1. The van der Waals surface area contributed by atoms with E-state index >= 15 is 0 Å². The Bertz CT molecular complexity index is 2090. The molecule has 0 radical (unpaired) electrons. The third-order valence-electron chi connectivity index (χ3n) is 7.69. The quantitative estimate of drug-likeness (QED) is 0.243. The second kappa shape index (κ2) is 9.58. The zero-order chi connectivity index (χ0) is 30.2. The number of ether oxygens (including phenoxy) is 1. The number of nitrogens with zero attached hydrogens (tertiary/aromatic N) is 3. The largest absolute Gasteiger partial charge is 0.465 e. The number of amides is 2. The van der Waals surface area contributed by atoms with Crippen LogP contribution in [0.3, 0.4) is 0 Å². The van der Waals surface area contributed by atoms with E-state index in [0.29, 0.717) is 16.3 Å². The van der Waals surface area contributed by atoms with Crippen molar-refractivity contribution in [1.29, 1.82) is 0 Å². The SMILES string of the molecule is COC(=O)c1sc(N2C(=O)c3oc4ccc(F)cc4c(=O)c3C23C(=O)N(Cc2ccc(Cl)cc2)c2ccccc23)nc1C. The first-order valence-electron chi connectivity index (χ1n) is 13.0. The van der Waals surface area contributed by atoms with Crippen molar-refractivity contribution in [3.8, 4) is 0 Å². The van der Waals surface area contributed by atoms with Gasteiger partial charge in [0.25, 0.3) is 11.8 Å². The van der Waals surface area contributed by atoms with Crippen LogP contribution in [0.2, 0.25) is 5.02 Å². The molecule has 0 aliphatic carbocycles. The Hall–Kier alpha value is -4.87. The second-order valence-corrected chi connectivity index (χ2v) is 11.5. The van der Waals surface area contributed by atoms with Crippen LogP contribution >= 0.6 is 22.9 Å². The Balaban J connectivity index is 1.55. The van der Waals surface area contributed by atoms with E-state index in [1.165, 1.54) is 18.1 Å². The fourth-order valence-corrected chi connectivity index (χ4v) is 6.99. The maximum absolute atomic E-state index is 14.9. The van der Waals surface area contributed by atoms with Crippen molar-refractivity contribution in [2.75, 3.05) is 16.9 Å². The Labute approximate surface area is 251 Å². The number of esters is 1. The first-order chi connectivity index (χ1) is 20.7. The maximum Gasteiger partial charge on any atom is 0.350 e. The molecule has 2 aliphatic heterocycles. The minimum absolute atomic E-state index is 0.0135. The third kappa shape index (κ3) is 3.71. The van der Waals surface area contributed by atoms with Gasteiger partial charge in [-0.2, -0.15) is 0 Å². The predicted molar refractivity (Wildman–Crippen MR) is 157 cm³/mol. The second-order valence-electron chi connectivity index (χ2n) is 10.1. The van der Waals surface area contributed by atoms with Gasteiger partial charge < -0.3 is 14.1 Å². The summed E-state index contributed by atoms with van der Waals surface area (Å²) < 4.78 is 25.2. The lowest BCUT2D eigenvalue weighted by Crippen LogP contribution is -2.53. The Morgan fingerprint density at radius 3 is 2.58 bits per heavy atom. The van der Waals surface area contributed by atoms with E-state index in [1.807, 2.05) is 0 Å². The number of halogens is 2. The number of carbonyl (C=O) groups excluding carboxylic acids is 3. The van der Waals surface area contributed by atoms with E-state index in [-0.39, 0.29) is 44.5 Å². The molecule has 9 nitrogen and oxygen atoms in total. The molecule has 1 atom stereocenters. The first-order valence-corrected chi connectivity index (χ1v) is 14.2. The fraction of sp³-hybridized carbons (Fsp3) is 0.129. The van der Waals surface area contributed by atoms with Crippen LogP contribution in [-0.2, 0) is 21.6 Å². The number of aryl methyl sites for hydroxylation is 1. The van der Waals surface area contributed by atoms with Gasteiger partial charge in [0.2, 0.25) is 5.76 Å².